The van der Waals surface area contributed by atoms with Gasteiger partial charge in [-0.25, -0.2) is 14.9 Å². The van der Waals surface area contributed by atoms with E-state index < -0.39 is 0 Å². The minimum absolute atomic E-state index is 0.133. The lowest BCUT2D eigenvalue weighted by Crippen LogP contribution is -2.20. The van der Waals surface area contributed by atoms with Crippen molar-refractivity contribution in [2.24, 2.45) is 0 Å². The van der Waals surface area contributed by atoms with Crippen LogP contribution in [0.5, 0.6) is 0 Å². The van der Waals surface area contributed by atoms with Gasteiger partial charge in [-0.05, 0) is 37.5 Å². The number of hydrogen-bond acceptors (Lipinski definition) is 6. The molecule has 0 spiro atoms. The van der Waals surface area contributed by atoms with Crippen molar-refractivity contribution in [3.05, 3.63) is 81.1 Å². The Morgan fingerprint density at radius 3 is 2.81 bits per heavy atom. The highest BCUT2D eigenvalue weighted by atomic mass is 32.2. The molecule has 9 heteroatoms. The quantitative estimate of drug-likeness (QED) is 0.379. The summed E-state index contributed by atoms with van der Waals surface area (Å²) in [6.45, 7) is 4.59. The number of benzene rings is 2. The second-order valence-electron chi connectivity index (χ2n) is 7.39. The van der Waals surface area contributed by atoms with Gasteiger partial charge in [-0.3, -0.25) is 9.36 Å². The van der Waals surface area contributed by atoms with Gasteiger partial charge < -0.3 is 5.32 Å². The normalized spacial score (nSPS) is 10.9. The summed E-state index contributed by atoms with van der Waals surface area (Å²) in [5.41, 5.74) is 5.08. The first kappa shape index (κ1) is 22.0. The molecule has 0 saturated carbocycles. The number of aromatic nitrogens is 4. The summed E-state index contributed by atoms with van der Waals surface area (Å²) in [7, 11) is 0. The highest BCUT2D eigenvalue weighted by Crippen LogP contribution is 2.28. The molecule has 4 rings (SSSR count). The molecule has 0 aliphatic carbocycles. The van der Waals surface area contributed by atoms with Crippen LogP contribution in [0.1, 0.15) is 16.7 Å². The molecule has 2 aromatic heterocycles. The van der Waals surface area contributed by atoms with Crippen molar-refractivity contribution in [3.8, 4) is 11.3 Å². The van der Waals surface area contributed by atoms with E-state index in [1.165, 1.54) is 23.1 Å². The van der Waals surface area contributed by atoms with Crippen LogP contribution in [0.2, 0.25) is 0 Å². The minimum Gasteiger partial charge on any atom is -0.301 e. The van der Waals surface area contributed by atoms with Gasteiger partial charge in [0.15, 0.2) is 10.3 Å². The number of nitrogens with one attached hydrogen (secondary N) is 2. The smallest absolute Gasteiger partial charge is 0.301 e. The van der Waals surface area contributed by atoms with Gasteiger partial charge >= 0.3 is 5.69 Å². The van der Waals surface area contributed by atoms with Gasteiger partial charge in [0.05, 0.1) is 11.4 Å². The molecule has 0 atom stereocenters. The molecule has 0 aliphatic heterocycles. The third kappa shape index (κ3) is 5.35. The monoisotopic (exact) mass is 465 g/mol. The Balaban J connectivity index is 1.35. The van der Waals surface area contributed by atoms with Crippen LogP contribution in [0.25, 0.3) is 11.3 Å². The lowest BCUT2D eigenvalue weighted by molar-refractivity contribution is -0.113. The summed E-state index contributed by atoms with van der Waals surface area (Å²) < 4.78 is 1.56. The third-order valence-corrected chi connectivity index (χ3v) is 6.68. The number of H-pyrrole nitrogens is 1. The van der Waals surface area contributed by atoms with E-state index >= 15 is 0 Å². The second-order valence-corrected chi connectivity index (χ2v) is 9.19. The molecule has 0 fully saturated rings. The summed E-state index contributed by atoms with van der Waals surface area (Å²) in [6.07, 6.45) is 0.709. The zero-order valence-electron chi connectivity index (χ0n) is 17.8. The number of carbonyl (C=O) groups excluding carboxylic acids is 1. The van der Waals surface area contributed by atoms with Gasteiger partial charge in [0, 0.05) is 17.5 Å². The predicted octanol–water partition coefficient (Wildman–Crippen LogP) is 4.29. The number of thioether (sulfide) groups is 1. The van der Waals surface area contributed by atoms with Gasteiger partial charge in [0.25, 0.3) is 0 Å². The van der Waals surface area contributed by atoms with Crippen LogP contribution in [0, 0.1) is 13.8 Å². The van der Waals surface area contributed by atoms with E-state index in [1.54, 1.807) is 4.57 Å². The molecule has 2 aromatic carbocycles. The van der Waals surface area contributed by atoms with Crippen LogP contribution >= 0.6 is 23.1 Å². The van der Waals surface area contributed by atoms with E-state index in [0.29, 0.717) is 23.3 Å². The van der Waals surface area contributed by atoms with Crippen molar-refractivity contribution >= 4 is 34.1 Å². The number of aryl methyl sites for hydroxylation is 3. The van der Waals surface area contributed by atoms with E-state index in [9.17, 15) is 9.59 Å². The van der Waals surface area contributed by atoms with Crippen molar-refractivity contribution in [3.63, 3.8) is 0 Å². The maximum absolute atomic E-state index is 12.5. The molecule has 2 N–H and O–H groups in total. The average Bonchev–Trinajstić information content (AvgIpc) is 3.39. The van der Waals surface area contributed by atoms with E-state index in [2.05, 4.69) is 38.7 Å². The largest absolute Gasteiger partial charge is 0.343 e. The topological polar surface area (TPSA) is 92.7 Å². The first-order valence-corrected chi connectivity index (χ1v) is 12.0. The average molecular weight is 466 g/mol. The molecule has 0 saturated heterocycles. The van der Waals surface area contributed by atoms with Crippen LogP contribution in [-0.2, 0) is 17.8 Å². The maximum atomic E-state index is 12.5. The highest BCUT2D eigenvalue weighted by Gasteiger charge is 2.14. The second kappa shape index (κ2) is 9.97. The maximum Gasteiger partial charge on any atom is 0.343 e. The number of thiazole rings is 1. The summed E-state index contributed by atoms with van der Waals surface area (Å²) in [6, 6.07) is 16.2. The molecular weight excluding hydrogens is 442 g/mol. The Labute approximate surface area is 193 Å². The molecule has 164 valence electrons. The van der Waals surface area contributed by atoms with Gasteiger partial charge in [0.2, 0.25) is 5.91 Å². The van der Waals surface area contributed by atoms with Crippen molar-refractivity contribution < 1.29 is 4.79 Å². The number of amides is 1. The zero-order chi connectivity index (χ0) is 22.5. The van der Waals surface area contributed by atoms with Crippen LogP contribution in [0.3, 0.4) is 0 Å². The number of rotatable bonds is 8. The summed E-state index contributed by atoms with van der Waals surface area (Å²) in [4.78, 5) is 29.1. The van der Waals surface area contributed by atoms with E-state index in [4.69, 9.17) is 0 Å². The molecular formula is C23H23N5O2S2. The first-order valence-electron chi connectivity index (χ1n) is 10.1. The lowest BCUT2D eigenvalue weighted by Gasteiger charge is -2.06. The van der Waals surface area contributed by atoms with Crippen LogP contribution in [0.15, 0.2) is 63.9 Å². The number of anilines is 1. The third-order valence-electron chi connectivity index (χ3n) is 4.94. The Hall–Kier alpha value is -3.17. The Kier molecular flexibility index (Phi) is 6.87. The highest BCUT2D eigenvalue weighted by molar-refractivity contribution is 7.99. The summed E-state index contributed by atoms with van der Waals surface area (Å²) in [5, 5.41) is 12.4. The fourth-order valence-corrected chi connectivity index (χ4v) is 4.75. The van der Waals surface area contributed by atoms with E-state index in [-0.39, 0.29) is 17.3 Å². The van der Waals surface area contributed by atoms with Gasteiger partial charge in [-0.1, -0.05) is 59.8 Å². The van der Waals surface area contributed by atoms with Gasteiger partial charge in [-0.2, -0.15) is 0 Å². The molecule has 4 aromatic rings. The Morgan fingerprint density at radius 1 is 1.19 bits per heavy atom. The molecule has 0 unspecified atom stereocenters. The van der Waals surface area contributed by atoms with Crippen LogP contribution in [0.4, 0.5) is 5.13 Å². The zero-order valence-corrected chi connectivity index (χ0v) is 19.4. The molecule has 1 amide bonds. The van der Waals surface area contributed by atoms with Crippen molar-refractivity contribution in [1.29, 1.82) is 0 Å². The molecule has 0 bridgehead atoms. The molecule has 0 aliphatic rings. The predicted molar refractivity (Wildman–Crippen MR) is 129 cm³/mol. The van der Waals surface area contributed by atoms with Crippen LogP contribution in [-0.4, -0.2) is 31.4 Å². The van der Waals surface area contributed by atoms with E-state index in [0.717, 1.165) is 27.9 Å². The number of nitrogens with zero attached hydrogens (tertiary/aromatic N) is 3. The Bertz CT molecular complexity index is 1280. The van der Waals surface area contributed by atoms with Gasteiger partial charge in [-0.15, -0.1) is 16.4 Å². The molecule has 0 radical (unpaired) electrons. The summed E-state index contributed by atoms with van der Waals surface area (Å²) >= 11 is 2.62. The van der Waals surface area contributed by atoms with Crippen molar-refractivity contribution in [2.75, 3.05) is 11.1 Å². The fraction of sp³-hybridized carbons (Fsp3) is 0.217. The van der Waals surface area contributed by atoms with Gasteiger partial charge in [0.1, 0.15) is 0 Å². The SMILES string of the molecule is Cc1ccc(C)c(-c2csc(NC(=O)CSc3n[nH]c(=O)n3CCc3ccccc3)n2)c1. The number of aromatic amines is 1. The van der Waals surface area contributed by atoms with Crippen molar-refractivity contribution in [1.82, 2.24) is 19.7 Å². The number of hydrogen-bond donors (Lipinski definition) is 2. The lowest BCUT2D eigenvalue weighted by atomic mass is 10.0. The Morgan fingerprint density at radius 2 is 2.00 bits per heavy atom. The first-order chi connectivity index (χ1) is 15.5. The molecule has 32 heavy (non-hydrogen) atoms. The molecule has 2 heterocycles. The minimum atomic E-state index is -0.276. The van der Waals surface area contributed by atoms with Crippen molar-refractivity contribution in [2.45, 2.75) is 32.0 Å². The standard InChI is InChI=1S/C23H23N5O2S2/c1-15-8-9-16(2)18(12-15)19-13-31-21(24-19)25-20(29)14-32-23-27-26-22(30)28(23)11-10-17-6-4-3-5-7-17/h3-9,12-13H,10-11,14H2,1-2H3,(H,26,30)(H,24,25,29). The fourth-order valence-electron chi connectivity index (χ4n) is 3.25. The molecule has 7 nitrogen and oxygen atoms in total. The van der Waals surface area contributed by atoms with E-state index in [1.807, 2.05) is 49.6 Å². The van der Waals surface area contributed by atoms with Crippen LogP contribution < -0.4 is 11.0 Å². The number of carbonyl (C=O) groups is 1. The summed E-state index contributed by atoms with van der Waals surface area (Å²) in [5.74, 6) is -0.0597.